The van der Waals surface area contributed by atoms with Crippen molar-refractivity contribution in [1.29, 1.82) is 0 Å². The van der Waals surface area contributed by atoms with Gasteiger partial charge in [-0.3, -0.25) is 0 Å². The Morgan fingerprint density at radius 1 is 0.611 bits per heavy atom. The van der Waals surface area contributed by atoms with E-state index >= 15 is 0 Å². The van der Waals surface area contributed by atoms with Crippen LogP contribution in [0.25, 0.3) is 0 Å². The molecule has 2 N–H and O–H groups in total. The average molecular weight is 289 g/mol. The predicted octanol–water partition coefficient (Wildman–Crippen LogP) is 4.82. The van der Waals surface area contributed by atoms with E-state index in [0.29, 0.717) is 11.1 Å². The molecule has 0 saturated heterocycles. The Balaban J connectivity index is 1.63. The molecule has 0 aromatic carbocycles. The van der Waals surface area contributed by atoms with Crippen LogP contribution in [0.5, 0.6) is 0 Å². The summed E-state index contributed by atoms with van der Waals surface area (Å²) in [4.78, 5) is 0. The third-order valence-corrected chi connectivity index (χ3v) is 6.52. The Kier molecular flexibility index (Phi) is 5.73. The fourth-order valence-corrected chi connectivity index (χ4v) is 5.46. The molecule has 0 spiro atoms. The molecule has 0 bridgehead atoms. The molecule has 0 radical (unpaired) electrons. The second-order valence-corrected chi connectivity index (χ2v) is 8.36. The van der Waals surface area contributed by atoms with Gasteiger partial charge in [-0.05, 0) is 39.5 Å². The Morgan fingerprint density at radius 3 is 1.28 bits per heavy atom. The second kappa shape index (κ2) is 6.87. The quantitative estimate of drug-likeness (QED) is 0.430. The van der Waals surface area contributed by atoms with Crippen LogP contribution in [0.4, 0.5) is 0 Å². The highest BCUT2D eigenvalue weighted by molar-refractivity contribution is 8.75. The molecule has 0 amide bonds. The molecule has 0 aromatic rings. The van der Waals surface area contributed by atoms with Crippen molar-refractivity contribution in [2.75, 3.05) is 0 Å². The van der Waals surface area contributed by atoms with Gasteiger partial charge in [-0.15, -0.1) is 0 Å². The first-order chi connectivity index (χ1) is 8.62. The third kappa shape index (κ3) is 4.62. The minimum atomic E-state index is 0.366. The maximum atomic E-state index is 3.67. The van der Waals surface area contributed by atoms with E-state index in [9.17, 15) is 0 Å². The molecule has 0 atom stereocenters. The first-order valence-electron chi connectivity index (χ1n) is 7.49. The number of rotatable bonds is 5. The van der Waals surface area contributed by atoms with E-state index in [1.807, 2.05) is 0 Å². The lowest BCUT2D eigenvalue weighted by atomic mass is 9.84. The minimum absolute atomic E-state index is 0.366. The van der Waals surface area contributed by atoms with Gasteiger partial charge in [0.25, 0.3) is 0 Å². The molecule has 2 aliphatic carbocycles. The molecule has 0 unspecified atom stereocenters. The summed E-state index contributed by atoms with van der Waals surface area (Å²) < 4.78 is 7.34. The maximum Gasteiger partial charge on any atom is 0.0263 e. The van der Waals surface area contributed by atoms with Crippen LogP contribution in [0.15, 0.2) is 0 Å². The Morgan fingerprint density at radius 2 is 0.944 bits per heavy atom. The van der Waals surface area contributed by atoms with Crippen LogP contribution in [0.2, 0.25) is 0 Å². The van der Waals surface area contributed by atoms with Crippen molar-refractivity contribution in [1.82, 2.24) is 9.44 Å². The summed E-state index contributed by atoms with van der Waals surface area (Å²) in [5, 5.41) is 0. The minimum Gasteiger partial charge on any atom is -0.248 e. The molecular weight excluding hydrogens is 260 g/mol. The van der Waals surface area contributed by atoms with E-state index in [2.05, 4.69) is 23.3 Å². The van der Waals surface area contributed by atoms with E-state index in [1.54, 1.807) is 22.0 Å². The molecule has 18 heavy (non-hydrogen) atoms. The predicted molar refractivity (Wildman–Crippen MR) is 84.4 cm³/mol. The molecule has 106 valence electrons. The first-order valence-corrected chi connectivity index (χ1v) is 9.64. The summed E-state index contributed by atoms with van der Waals surface area (Å²) in [5.74, 6) is 0. The van der Waals surface area contributed by atoms with Crippen LogP contribution in [0.1, 0.15) is 78.1 Å². The van der Waals surface area contributed by atoms with E-state index in [4.69, 9.17) is 0 Å². The summed E-state index contributed by atoms with van der Waals surface area (Å²) in [5.41, 5.74) is 0.732. The van der Waals surface area contributed by atoms with Gasteiger partial charge < -0.3 is 0 Å². The normalized spacial score (nSPS) is 27.0. The fraction of sp³-hybridized carbons (Fsp3) is 1.00. The molecule has 2 saturated carbocycles. The molecule has 2 nitrogen and oxygen atoms in total. The van der Waals surface area contributed by atoms with Crippen molar-refractivity contribution in [3.63, 3.8) is 0 Å². The van der Waals surface area contributed by atoms with Gasteiger partial charge in [0.2, 0.25) is 0 Å². The van der Waals surface area contributed by atoms with Crippen molar-refractivity contribution in [2.45, 2.75) is 89.1 Å². The summed E-state index contributed by atoms with van der Waals surface area (Å²) in [6, 6.07) is 0. The lowest BCUT2D eigenvalue weighted by molar-refractivity contribution is 0.300. The van der Waals surface area contributed by atoms with Gasteiger partial charge in [-0.1, -0.05) is 38.5 Å². The number of hydrogen-bond acceptors (Lipinski definition) is 4. The molecular formula is C14H28N2S2. The summed E-state index contributed by atoms with van der Waals surface area (Å²) in [6.07, 6.45) is 13.7. The van der Waals surface area contributed by atoms with Gasteiger partial charge in [0.15, 0.2) is 0 Å². The highest BCUT2D eigenvalue weighted by Gasteiger charge is 2.28. The Labute approximate surface area is 120 Å². The molecule has 0 aliphatic heterocycles. The standard InChI is InChI=1S/C14H28N2S2/c1-13(9-5-3-6-10-13)15-17-18-16-14(2)11-7-4-8-12-14/h15-16H,3-12H2,1-2H3. The van der Waals surface area contributed by atoms with Crippen LogP contribution in [0.3, 0.4) is 0 Å². The smallest absolute Gasteiger partial charge is 0.0263 e. The lowest BCUT2D eigenvalue weighted by Crippen LogP contribution is -2.41. The maximum absolute atomic E-state index is 3.67. The van der Waals surface area contributed by atoms with E-state index < -0.39 is 0 Å². The largest absolute Gasteiger partial charge is 0.248 e. The van der Waals surface area contributed by atoms with Gasteiger partial charge >= 0.3 is 0 Å². The van der Waals surface area contributed by atoms with Crippen molar-refractivity contribution in [3.05, 3.63) is 0 Å². The highest BCUT2D eigenvalue weighted by atomic mass is 33.1. The van der Waals surface area contributed by atoms with Crippen molar-refractivity contribution in [3.8, 4) is 0 Å². The molecule has 2 rings (SSSR count). The van der Waals surface area contributed by atoms with Crippen LogP contribution >= 0.6 is 22.0 Å². The fourth-order valence-electron chi connectivity index (χ4n) is 3.11. The van der Waals surface area contributed by atoms with Gasteiger partial charge in [0.1, 0.15) is 0 Å². The monoisotopic (exact) mass is 288 g/mol. The number of nitrogens with one attached hydrogen (secondary N) is 2. The van der Waals surface area contributed by atoms with E-state index in [1.165, 1.54) is 64.2 Å². The summed E-state index contributed by atoms with van der Waals surface area (Å²) >= 11 is 0. The van der Waals surface area contributed by atoms with Crippen molar-refractivity contribution < 1.29 is 0 Å². The highest BCUT2D eigenvalue weighted by Crippen LogP contribution is 2.34. The van der Waals surface area contributed by atoms with E-state index in [0.717, 1.165) is 0 Å². The summed E-state index contributed by atoms with van der Waals surface area (Å²) in [6.45, 7) is 4.75. The molecule has 4 heteroatoms. The molecule has 2 aliphatic rings. The Hall–Kier alpha value is 0.620. The zero-order valence-electron chi connectivity index (χ0n) is 11.9. The summed E-state index contributed by atoms with van der Waals surface area (Å²) in [7, 11) is 3.61. The molecule has 2 fully saturated rings. The molecule has 0 heterocycles. The van der Waals surface area contributed by atoms with Crippen LogP contribution in [-0.2, 0) is 0 Å². The van der Waals surface area contributed by atoms with Crippen LogP contribution in [-0.4, -0.2) is 11.1 Å². The SMILES string of the molecule is CC1(NSSNC2(C)CCCCC2)CCCCC1. The average Bonchev–Trinajstić information content (AvgIpc) is 2.37. The van der Waals surface area contributed by atoms with E-state index in [-0.39, 0.29) is 0 Å². The topological polar surface area (TPSA) is 24.1 Å². The zero-order valence-corrected chi connectivity index (χ0v) is 13.5. The van der Waals surface area contributed by atoms with Gasteiger partial charge in [-0.2, -0.15) is 0 Å². The molecule has 0 aromatic heterocycles. The van der Waals surface area contributed by atoms with Gasteiger partial charge in [0.05, 0.1) is 0 Å². The van der Waals surface area contributed by atoms with Crippen molar-refractivity contribution >= 4 is 22.0 Å². The zero-order chi connectivity index (χ0) is 12.9. The van der Waals surface area contributed by atoms with Crippen LogP contribution < -0.4 is 9.44 Å². The van der Waals surface area contributed by atoms with Crippen LogP contribution in [0, 0.1) is 0 Å². The first kappa shape index (κ1) is 15.0. The van der Waals surface area contributed by atoms with Gasteiger partial charge in [0, 0.05) is 33.0 Å². The number of hydrogen-bond donors (Lipinski definition) is 2. The Bertz CT molecular complexity index is 220. The second-order valence-electron chi connectivity index (χ2n) is 6.61. The third-order valence-electron chi connectivity index (χ3n) is 4.53. The van der Waals surface area contributed by atoms with Crippen molar-refractivity contribution in [2.24, 2.45) is 0 Å². The lowest BCUT2D eigenvalue weighted by Gasteiger charge is -2.36. The van der Waals surface area contributed by atoms with Gasteiger partial charge in [-0.25, -0.2) is 9.44 Å².